The molecule has 2 aromatic rings. The van der Waals surface area contributed by atoms with Gasteiger partial charge in [-0.1, -0.05) is 6.07 Å². The van der Waals surface area contributed by atoms with Gasteiger partial charge in [0, 0.05) is 17.8 Å². The molecule has 3 rings (SSSR count). The van der Waals surface area contributed by atoms with Crippen LogP contribution in [-0.4, -0.2) is 12.8 Å². The van der Waals surface area contributed by atoms with Crippen LogP contribution in [0.5, 0.6) is 11.5 Å². The third-order valence-electron chi connectivity index (χ3n) is 2.88. The molecule has 108 valence electrons. The van der Waals surface area contributed by atoms with E-state index in [2.05, 4.69) is 10.6 Å². The first-order chi connectivity index (χ1) is 10.1. The average molecular weight is 289 g/mol. The zero-order valence-corrected chi connectivity index (χ0v) is 10.9. The standard InChI is InChI=1S/C14H12FN3O3/c15-8-2-1-3-9(4-8)17-14(19)18-11-6-13-12(5-10(11)16)20-7-21-13/h1-6H,7,16H2,(H2,17,18,19). The number of nitrogen functional groups attached to an aromatic ring is 1. The van der Waals surface area contributed by atoms with Crippen molar-refractivity contribution in [3.63, 3.8) is 0 Å². The lowest BCUT2D eigenvalue weighted by molar-refractivity contribution is 0.174. The number of hydrogen-bond acceptors (Lipinski definition) is 4. The van der Waals surface area contributed by atoms with Crippen LogP contribution in [0.4, 0.5) is 26.2 Å². The largest absolute Gasteiger partial charge is 0.454 e. The second kappa shape index (κ2) is 5.20. The molecular formula is C14H12FN3O3. The Labute approximate surface area is 119 Å². The van der Waals surface area contributed by atoms with Crippen molar-refractivity contribution in [1.82, 2.24) is 0 Å². The Bertz CT molecular complexity index is 706. The zero-order chi connectivity index (χ0) is 14.8. The first-order valence-electron chi connectivity index (χ1n) is 6.14. The van der Waals surface area contributed by atoms with Gasteiger partial charge >= 0.3 is 6.03 Å². The first-order valence-corrected chi connectivity index (χ1v) is 6.14. The summed E-state index contributed by atoms with van der Waals surface area (Å²) in [5, 5.41) is 5.08. The van der Waals surface area contributed by atoms with E-state index in [9.17, 15) is 9.18 Å². The molecule has 0 saturated carbocycles. The van der Waals surface area contributed by atoms with Crippen LogP contribution in [0, 0.1) is 5.82 Å². The van der Waals surface area contributed by atoms with Crippen molar-refractivity contribution < 1.29 is 18.7 Å². The van der Waals surface area contributed by atoms with E-state index in [-0.39, 0.29) is 6.79 Å². The summed E-state index contributed by atoms with van der Waals surface area (Å²) in [6.07, 6.45) is 0. The number of nitrogens with one attached hydrogen (secondary N) is 2. The third kappa shape index (κ3) is 2.81. The van der Waals surface area contributed by atoms with Crippen molar-refractivity contribution in [1.29, 1.82) is 0 Å². The predicted molar refractivity (Wildman–Crippen MR) is 76.0 cm³/mol. The van der Waals surface area contributed by atoms with Gasteiger partial charge in [0.15, 0.2) is 11.5 Å². The fourth-order valence-corrected chi connectivity index (χ4v) is 1.92. The summed E-state index contributed by atoms with van der Waals surface area (Å²) in [6.45, 7) is 0.119. The molecule has 0 bridgehead atoms. The molecule has 7 heteroatoms. The SMILES string of the molecule is Nc1cc2c(cc1NC(=O)Nc1cccc(F)c1)OCO2. The van der Waals surface area contributed by atoms with E-state index in [0.717, 1.165) is 0 Å². The topological polar surface area (TPSA) is 85.6 Å². The van der Waals surface area contributed by atoms with E-state index in [0.29, 0.717) is 28.6 Å². The Morgan fingerprint density at radius 1 is 1.14 bits per heavy atom. The van der Waals surface area contributed by atoms with Crippen LogP contribution < -0.4 is 25.8 Å². The molecule has 0 saturated heterocycles. The quantitative estimate of drug-likeness (QED) is 0.742. The number of ether oxygens (including phenoxy) is 2. The van der Waals surface area contributed by atoms with Gasteiger partial charge in [0.2, 0.25) is 6.79 Å². The highest BCUT2D eigenvalue weighted by atomic mass is 19.1. The van der Waals surface area contributed by atoms with Gasteiger partial charge in [-0.25, -0.2) is 9.18 Å². The maximum absolute atomic E-state index is 13.0. The van der Waals surface area contributed by atoms with Crippen LogP contribution in [0.15, 0.2) is 36.4 Å². The van der Waals surface area contributed by atoms with Crippen LogP contribution in [0.3, 0.4) is 0 Å². The first kappa shape index (κ1) is 13.0. The highest BCUT2D eigenvalue weighted by Crippen LogP contribution is 2.38. The van der Waals surface area contributed by atoms with Crippen molar-refractivity contribution in [2.24, 2.45) is 0 Å². The lowest BCUT2D eigenvalue weighted by Crippen LogP contribution is -2.20. The molecule has 1 heterocycles. The van der Waals surface area contributed by atoms with Gasteiger partial charge in [-0.15, -0.1) is 0 Å². The van der Waals surface area contributed by atoms with Crippen LogP contribution in [0.25, 0.3) is 0 Å². The summed E-state index contributed by atoms with van der Waals surface area (Å²) in [7, 11) is 0. The van der Waals surface area contributed by atoms with Gasteiger partial charge in [0.25, 0.3) is 0 Å². The molecule has 0 aromatic heterocycles. The summed E-state index contributed by atoms with van der Waals surface area (Å²) < 4.78 is 23.4. The summed E-state index contributed by atoms with van der Waals surface area (Å²) in [6, 6.07) is 8.18. The molecule has 0 aliphatic carbocycles. The van der Waals surface area contributed by atoms with Crippen molar-refractivity contribution in [2.45, 2.75) is 0 Å². The van der Waals surface area contributed by atoms with Gasteiger partial charge in [-0.05, 0) is 18.2 Å². The summed E-state index contributed by atoms with van der Waals surface area (Å²) in [5.41, 5.74) is 6.88. The normalized spacial score (nSPS) is 12.0. The molecule has 1 aliphatic rings. The molecule has 21 heavy (non-hydrogen) atoms. The Hall–Kier alpha value is -2.96. The average Bonchev–Trinajstić information content (AvgIpc) is 2.86. The minimum Gasteiger partial charge on any atom is -0.454 e. The summed E-state index contributed by atoms with van der Waals surface area (Å²) in [4.78, 5) is 11.9. The molecule has 0 atom stereocenters. The molecule has 0 radical (unpaired) electrons. The van der Waals surface area contributed by atoms with E-state index in [1.54, 1.807) is 18.2 Å². The number of rotatable bonds is 2. The Morgan fingerprint density at radius 3 is 2.67 bits per heavy atom. The van der Waals surface area contributed by atoms with Gasteiger partial charge in [0.05, 0.1) is 11.4 Å². The third-order valence-corrected chi connectivity index (χ3v) is 2.88. The molecule has 4 N–H and O–H groups in total. The Morgan fingerprint density at radius 2 is 1.90 bits per heavy atom. The number of halogens is 1. The Balaban J connectivity index is 1.73. The molecular weight excluding hydrogens is 277 g/mol. The number of hydrogen-bond donors (Lipinski definition) is 3. The highest BCUT2D eigenvalue weighted by Gasteiger charge is 2.17. The molecule has 2 aromatic carbocycles. The van der Waals surface area contributed by atoms with Gasteiger partial charge < -0.3 is 25.8 Å². The van der Waals surface area contributed by atoms with Crippen LogP contribution >= 0.6 is 0 Å². The molecule has 0 fully saturated rings. The maximum Gasteiger partial charge on any atom is 0.323 e. The highest BCUT2D eigenvalue weighted by molar-refractivity contribution is 6.01. The monoisotopic (exact) mass is 289 g/mol. The molecule has 6 nitrogen and oxygen atoms in total. The molecule has 0 unspecified atom stereocenters. The van der Waals surface area contributed by atoms with E-state index >= 15 is 0 Å². The zero-order valence-electron chi connectivity index (χ0n) is 10.9. The van der Waals surface area contributed by atoms with Crippen molar-refractivity contribution in [2.75, 3.05) is 23.2 Å². The summed E-state index contributed by atoms with van der Waals surface area (Å²) in [5.74, 6) is 0.601. The fourth-order valence-electron chi connectivity index (χ4n) is 1.92. The Kier molecular flexibility index (Phi) is 3.23. The number of nitrogens with two attached hydrogens (primary N) is 1. The predicted octanol–water partition coefficient (Wildman–Crippen LogP) is 2.78. The maximum atomic E-state index is 13.0. The van der Waals surface area contributed by atoms with E-state index in [4.69, 9.17) is 15.2 Å². The van der Waals surface area contributed by atoms with E-state index in [1.807, 2.05) is 0 Å². The van der Waals surface area contributed by atoms with Crippen LogP contribution in [0.1, 0.15) is 0 Å². The minimum absolute atomic E-state index is 0.119. The number of carbonyl (C=O) groups excluding carboxylic acids is 1. The number of amides is 2. The van der Waals surface area contributed by atoms with Crippen LogP contribution in [0.2, 0.25) is 0 Å². The smallest absolute Gasteiger partial charge is 0.323 e. The molecule has 1 aliphatic heterocycles. The lowest BCUT2D eigenvalue weighted by atomic mass is 10.2. The van der Waals surface area contributed by atoms with E-state index in [1.165, 1.54) is 18.2 Å². The fraction of sp³-hybridized carbons (Fsp3) is 0.0714. The van der Waals surface area contributed by atoms with Crippen molar-refractivity contribution >= 4 is 23.1 Å². The van der Waals surface area contributed by atoms with Gasteiger partial charge in [-0.2, -0.15) is 0 Å². The van der Waals surface area contributed by atoms with Crippen molar-refractivity contribution in [3.8, 4) is 11.5 Å². The minimum atomic E-state index is -0.536. The number of urea groups is 1. The molecule has 0 spiro atoms. The van der Waals surface area contributed by atoms with Crippen LogP contribution in [-0.2, 0) is 0 Å². The molecule has 2 amide bonds. The number of anilines is 3. The summed E-state index contributed by atoms with van der Waals surface area (Å²) >= 11 is 0. The second-order valence-electron chi connectivity index (χ2n) is 4.38. The number of benzene rings is 2. The number of carbonyl (C=O) groups is 1. The second-order valence-corrected chi connectivity index (χ2v) is 4.38. The van der Waals surface area contributed by atoms with E-state index < -0.39 is 11.8 Å². The van der Waals surface area contributed by atoms with Gasteiger partial charge in [-0.3, -0.25) is 0 Å². The lowest BCUT2D eigenvalue weighted by Gasteiger charge is -2.10. The number of fused-ring (bicyclic) bond motifs is 1. The van der Waals surface area contributed by atoms with Gasteiger partial charge in [0.1, 0.15) is 5.82 Å². The van der Waals surface area contributed by atoms with Crippen molar-refractivity contribution in [3.05, 3.63) is 42.2 Å².